The van der Waals surface area contributed by atoms with Gasteiger partial charge in [-0.1, -0.05) is 6.07 Å². The standard InChI is InChI=1S/C19H23N5O2/c1-14-3-2-4-15(22-14)13-26-17-9-16-11-24(8-7-23(16)12-17)19(25)18-10-20-5-6-21-18/h2-6,10,16-17H,7-9,11-13H2,1H3/t16-,17+/m0/s1. The number of carbonyl (C=O) groups excluding carboxylic acids is 1. The van der Waals surface area contributed by atoms with Gasteiger partial charge in [0.2, 0.25) is 0 Å². The highest BCUT2D eigenvalue weighted by molar-refractivity contribution is 5.92. The van der Waals surface area contributed by atoms with Gasteiger partial charge in [-0.2, -0.15) is 0 Å². The Morgan fingerprint density at radius 3 is 3.00 bits per heavy atom. The Morgan fingerprint density at radius 2 is 2.19 bits per heavy atom. The summed E-state index contributed by atoms with van der Waals surface area (Å²) in [5.41, 5.74) is 2.39. The molecule has 0 spiro atoms. The fraction of sp³-hybridized carbons (Fsp3) is 0.474. The molecule has 4 heterocycles. The van der Waals surface area contributed by atoms with Crippen molar-refractivity contribution >= 4 is 5.91 Å². The van der Waals surface area contributed by atoms with Gasteiger partial charge in [-0.05, 0) is 25.5 Å². The Morgan fingerprint density at radius 1 is 1.27 bits per heavy atom. The van der Waals surface area contributed by atoms with Crippen molar-refractivity contribution in [3.05, 3.63) is 53.9 Å². The van der Waals surface area contributed by atoms with Crippen LogP contribution in [0.2, 0.25) is 0 Å². The summed E-state index contributed by atoms with van der Waals surface area (Å²) >= 11 is 0. The summed E-state index contributed by atoms with van der Waals surface area (Å²) in [6.45, 7) is 5.76. The van der Waals surface area contributed by atoms with E-state index in [0.717, 1.165) is 44.0 Å². The first-order valence-electron chi connectivity index (χ1n) is 9.02. The van der Waals surface area contributed by atoms with Crippen molar-refractivity contribution < 1.29 is 9.53 Å². The van der Waals surface area contributed by atoms with E-state index in [4.69, 9.17) is 4.74 Å². The zero-order valence-electron chi connectivity index (χ0n) is 14.9. The number of aromatic nitrogens is 3. The normalized spacial score (nSPS) is 23.0. The number of hydrogen-bond acceptors (Lipinski definition) is 6. The summed E-state index contributed by atoms with van der Waals surface area (Å²) in [6, 6.07) is 6.34. The molecule has 2 fully saturated rings. The summed E-state index contributed by atoms with van der Waals surface area (Å²) in [4.78, 5) is 29.5. The van der Waals surface area contributed by atoms with E-state index in [0.29, 0.717) is 18.3 Å². The quantitative estimate of drug-likeness (QED) is 0.825. The van der Waals surface area contributed by atoms with Crippen molar-refractivity contribution in [3.63, 3.8) is 0 Å². The first-order valence-corrected chi connectivity index (χ1v) is 9.02. The highest BCUT2D eigenvalue weighted by Gasteiger charge is 2.38. The molecule has 7 heteroatoms. The number of rotatable bonds is 4. The van der Waals surface area contributed by atoms with Crippen molar-refractivity contribution in [3.8, 4) is 0 Å². The van der Waals surface area contributed by atoms with Crippen molar-refractivity contribution in [1.29, 1.82) is 0 Å². The lowest BCUT2D eigenvalue weighted by molar-refractivity contribution is 0.0434. The number of nitrogens with zero attached hydrogens (tertiary/aromatic N) is 5. The molecule has 7 nitrogen and oxygen atoms in total. The number of hydrogen-bond donors (Lipinski definition) is 0. The molecule has 26 heavy (non-hydrogen) atoms. The molecule has 4 rings (SSSR count). The number of amides is 1. The van der Waals surface area contributed by atoms with Crippen molar-refractivity contribution in [2.24, 2.45) is 0 Å². The minimum Gasteiger partial charge on any atom is -0.371 e. The molecule has 2 aromatic rings. The van der Waals surface area contributed by atoms with E-state index in [1.54, 1.807) is 12.4 Å². The summed E-state index contributed by atoms with van der Waals surface area (Å²) in [5, 5.41) is 0. The largest absolute Gasteiger partial charge is 0.371 e. The van der Waals surface area contributed by atoms with E-state index in [2.05, 4.69) is 19.9 Å². The highest BCUT2D eigenvalue weighted by atomic mass is 16.5. The molecule has 2 atom stereocenters. The van der Waals surface area contributed by atoms with Crippen LogP contribution in [0.15, 0.2) is 36.8 Å². The molecule has 136 valence electrons. The van der Waals surface area contributed by atoms with Gasteiger partial charge < -0.3 is 9.64 Å². The molecule has 0 radical (unpaired) electrons. The second-order valence-electron chi connectivity index (χ2n) is 6.93. The number of aryl methyl sites for hydroxylation is 1. The van der Waals surface area contributed by atoms with Crippen molar-refractivity contribution in [2.75, 3.05) is 26.2 Å². The lowest BCUT2D eigenvalue weighted by Crippen LogP contribution is -2.52. The van der Waals surface area contributed by atoms with Gasteiger partial charge in [-0.25, -0.2) is 4.98 Å². The summed E-state index contributed by atoms with van der Waals surface area (Å²) in [6.07, 6.45) is 5.80. The first kappa shape index (κ1) is 17.1. The SMILES string of the molecule is Cc1cccc(CO[C@@H]2C[C@H]3CN(C(=O)c4cnccn4)CCN3C2)n1. The minimum absolute atomic E-state index is 0.0360. The van der Waals surface area contributed by atoms with Crippen LogP contribution in [0.4, 0.5) is 0 Å². The lowest BCUT2D eigenvalue weighted by Gasteiger charge is -2.37. The number of ether oxygens (including phenoxy) is 1. The van der Waals surface area contributed by atoms with Crippen LogP contribution in [0.5, 0.6) is 0 Å². The van der Waals surface area contributed by atoms with Crippen LogP contribution in [0.1, 0.15) is 28.3 Å². The van der Waals surface area contributed by atoms with Crippen LogP contribution in [0, 0.1) is 6.92 Å². The fourth-order valence-electron chi connectivity index (χ4n) is 3.76. The average Bonchev–Trinajstić information content (AvgIpc) is 3.08. The monoisotopic (exact) mass is 353 g/mol. The van der Waals surface area contributed by atoms with Gasteiger partial charge in [0, 0.05) is 50.3 Å². The van der Waals surface area contributed by atoms with E-state index in [1.165, 1.54) is 6.20 Å². The van der Waals surface area contributed by atoms with Gasteiger partial charge >= 0.3 is 0 Å². The zero-order valence-corrected chi connectivity index (χ0v) is 14.9. The molecule has 2 saturated heterocycles. The Labute approximate surface area is 153 Å². The summed E-state index contributed by atoms with van der Waals surface area (Å²) in [7, 11) is 0. The van der Waals surface area contributed by atoms with Crippen LogP contribution < -0.4 is 0 Å². The first-order chi connectivity index (χ1) is 12.7. The van der Waals surface area contributed by atoms with Gasteiger partial charge in [0.25, 0.3) is 5.91 Å². The van der Waals surface area contributed by atoms with E-state index in [9.17, 15) is 4.79 Å². The topological polar surface area (TPSA) is 71.5 Å². The molecule has 0 aromatic carbocycles. The lowest BCUT2D eigenvalue weighted by atomic mass is 10.1. The molecule has 0 unspecified atom stereocenters. The molecule has 2 aliphatic rings. The van der Waals surface area contributed by atoms with Crippen molar-refractivity contribution in [1.82, 2.24) is 24.8 Å². The van der Waals surface area contributed by atoms with Gasteiger partial charge in [0.1, 0.15) is 5.69 Å². The van der Waals surface area contributed by atoms with E-state index >= 15 is 0 Å². The van der Waals surface area contributed by atoms with E-state index in [1.807, 2.05) is 30.0 Å². The molecule has 1 amide bonds. The maximum absolute atomic E-state index is 12.6. The second-order valence-corrected chi connectivity index (χ2v) is 6.93. The van der Waals surface area contributed by atoms with Gasteiger partial charge in [0.15, 0.2) is 0 Å². The Hall–Kier alpha value is -2.38. The van der Waals surface area contributed by atoms with Crippen molar-refractivity contribution in [2.45, 2.75) is 32.1 Å². The third-order valence-corrected chi connectivity index (χ3v) is 5.06. The number of carbonyl (C=O) groups is 1. The maximum atomic E-state index is 12.6. The third kappa shape index (κ3) is 3.73. The van der Waals surface area contributed by atoms with Crippen LogP contribution in [0.3, 0.4) is 0 Å². The highest BCUT2D eigenvalue weighted by Crippen LogP contribution is 2.25. The molecule has 0 aliphatic carbocycles. The maximum Gasteiger partial charge on any atom is 0.274 e. The van der Waals surface area contributed by atoms with Gasteiger partial charge in [-0.15, -0.1) is 0 Å². The molecule has 0 bridgehead atoms. The van der Waals surface area contributed by atoms with Crippen LogP contribution in [-0.2, 0) is 11.3 Å². The van der Waals surface area contributed by atoms with E-state index in [-0.39, 0.29) is 12.0 Å². The minimum atomic E-state index is -0.0360. The predicted octanol–water partition coefficient (Wildman–Crippen LogP) is 1.30. The molecular formula is C19H23N5O2. The van der Waals surface area contributed by atoms with Crippen LogP contribution >= 0.6 is 0 Å². The predicted molar refractivity (Wildman–Crippen MR) is 95.5 cm³/mol. The van der Waals surface area contributed by atoms with Gasteiger partial charge in [-0.3, -0.25) is 19.7 Å². The number of fused-ring (bicyclic) bond motifs is 1. The Bertz CT molecular complexity index is 770. The second kappa shape index (κ2) is 7.47. The summed E-state index contributed by atoms with van der Waals surface area (Å²) in [5.74, 6) is -0.0360. The number of pyridine rings is 1. The van der Waals surface area contributed by atoms with Crippen LogP contribution in [0.25, 0.3) is 0 Å². The third-order valence-electron chi connectivity index (χ3n) is 5.06. The molecule has 2 aromatic heterocycles. The number of piperazine rings is 1. The smallest absolute Gasteiger partial charge is 0.274 e. The Balaban J connectivity index is 1.32. The molecule has 0 N–H and O–H groups in total. The average molecular weight is 353 g/mol. The molecular weight excluding hydrogens is 330 g/mol. The molecule has 0 saturated carbocycles. The molecule has 2 aliphatic heterocycles. The zero-order chi connectivity index (χ0) is 17.9. The summed E-state index contributed by atoms with van der Waals surface area (Å²) < 4.78 is 6.09. The van der Waals surface area contributed by atoms with Gasteiger partial charge in [0.05, 0.1) is 24.6 Å². The van der Waals surface area contributed by atoms with E-state index < -0.39 is 0 Å². The fourth-order valence-corrected chi connectivity index (χ4v) is 3.76. The van der Waals surface area contributed by atoms with Crippen LogP contribution in [-0.4, -0.2) is 69.0 Å². The Kier molecular flexibility index (Phi) is 4.90.